The smallest absolute Gasteiger partial charge is 0.152 e. The van der Waals surface area contributed by atoms with Crippen LogP contribution in [-0.4, -0.2) is 32.6 Å². The normalized spacial score (nSPS) is 19.6. The van der Waals surface area contributed by atoms with Crippen LogP contribution in [0, 0.1) is 5.82 Å². The number of rotatable bonds is 4. The molecule has 1 atom stereocenters. The van der Waals surface area contributed by atoms with Gasteiger partial charge in [0.2, 0.25) is 0 Å². The number of ether oxygens (including phenoxy) is 1. The first-order chi connectivity index (χ1) is 8.72. The summed E-state index contributed by atoms with van der Waals surface area (Å²) in [7, 11) is 1.80. The van der Waals surface area contributed by atoms with Crippen molar-refractivity contribution in [2.24, 2.45) is 0 Å². The highest BCUT2D eigenvalue weighted by Crippen LogP contribution is 2.24. The minimum atomic E-state index is -0.363. The Bertz CT molecular complexity index is 416. The van der Waals surface area contributed by atoms with Crippen molar-refractivity contribution < 1.29 is 13.9 Å². The van der Waals surface area contributed by atoms with E-state index in [0.29, 0.717) is 24.1 Å². The number of likely N-dealkylation sites (N-methyl/N-ethyl adjacent to an activating group) is 1. The maximum atomic E-state index is 13.8. The Hall–Kier alpha value is -1.42. The Balaban J connectivity index is 2.12. The van der Waals surface area contributed by atoms with Crippen molar-refractivity contribution in [1.29, 1.82) is 0 Å². The van der Waals surface area contributed by atoms with Gasteiger partial charge in [-0.05, 0) is 31.4 Å². The second-order valence-corrected chi connectivity index (χ2v) is 4.66. The summed E-state index contributed by atoms with van der Waals surface area (Å²) in [4.78, 5) is 12.7. The second kappa shape index (κ2) is 5.96. The molecular weight excluding hydrogens is 233 g/mol. The Labute approximate surface area is 107 Å². The van der Waals surface area contributed by atoms with Gasteiger partial charge in [-0.2, -0.15) is 0 Å². The fourth-order valence-corrected chi connectivity index (χ4v) is 2.38. The zero-order valence-corrected chi connectivity index (χ0v) is 10.6. The predicted molar refractivity (Wildman–Crippen MR) is 68.6 cm³/mol. The first-order valence-electron chi connectivity index (χ1n) is 6.29. The summed E-state index contributed by atoms with van der Waals surface area (Å²) in [6.45, 7) is 1.39. The molecule has 0 spiro atoms. The van der Waals surface area contributed by atoms with Gasteiger partial charge in [-0.3, -0.25) is 4.79 Å². The van der Waals surface area contributed by atoms with Crippen LogP contribution in [0.4, 0.5) is 10.1 Å². The molecule has 0 saturated carbocycles. The first-order valence-corrected chi connectivity index (χ1v) is 6.29. The summed E-state index contributed by atoms with van der Waals surface area (Å²) in [6.07, 6.45) is 4.06. The molecule has 98 valence electrons. The van der Waals surface area contributed by atoms with Gasteiger partial charge in [0.15, 0.2) is 6.29 Å². The van der Waals surface area contributed by atoms with Crippen molar-refractivity contribution in [3.8, 4) is 0 Å². The van der Waals surface area contributed by atoms with Gasteiger partial charge in [-0.1, -0.05) is 6.07 Å². The van der Waals surface area contributed by atoms with Crippen molar-refractivity contribution in [1.82, 2.24) is 0 Å². The quantitative estimate of drug-likeness (QED) is 0.770. The molecule has 1 aliphatic rings. The number of halogens is 1. The highest BCUT2D eigenvalue weighted by atomic mass is 19.1. The number of para-hydroxylation sites is 1. The third kappa shape index (κ3) is 2.88. The predicted octanol–water partition coefficient (Wildman–Crippen LogP) is 2.64. The van der Waals surface area contributed by atoms with Crippen LogP contribution < -0.4 is 4.90 Å². The zero-order chi connectivity index (χ0) is 13.0. The molecule has 3 nitrogen and oxygen atoms in total. The van der Waals surface area contributed by atoms with E-state index in [1.807, 2.05) is 0 Å². The molecular formula is C14H18FNO2. The van der Waals surface area contributed by atoms with Crippen molar-refractivity contribution in [2.45, 2.75) is 25.4 Å². The number of anilines is 1. The lowest BCUT2D eigenvalue weighted by molar-refractivity contribution is 0.0215. The Morgan fingerprint density at radius 1 is 1.50 bits per heavy atom. The van der Waals surface area contributed by atoms with Gasteiger partial charge in [-0.25, -0.2) is 4.39 Å². The van der Waals surface area contributed by atoms with Crippen LogP contribution in [0.15, 0.2) is 18.2 Å². The maximum Gasteiger partial charge on any atom is 0.152 e. The lowest BCUT2D eigenvalue weighted by atomic mass is 10.1. The molecule has 1 aliphatic heterocycles. The highest BCUT2D eigenvalue weighted by molar-refractivity contribution is 5.84. The van der Waals surface area contributed by atoms with E-state index >= 15 is 0 Å². The first kappa shape index (κ1) is 13.0. The van der Waals surface area contributed by atoms with Crippen LogP contribution in [0.3, 0.4) is 0 Å². The number of hydrogen-bond acceptors (Lipinski definition) is 3. The topological polar surface area (TPSA) is 29.5 Å². The van der Waals surface area contributed by atoms with Gasteiger partial charge >= 0.3 is 0 Å². The molecule has 0 N–H and O–H groups in total. The minimum Gasteiger partial charge on any atom is -0.376 e. The van der Waals surface area contributed by atoms with E-state index in [0.717, 1.165) is 25.9 Å². The van der Waals surface area contributed by atoms with Crippen molar-refractivity contribution in [3.05, 3.63) is 29.6 Å². The van der Waals surface area contributed by atoms with Crippen LogP contribution in [0.1, 0.15) is 29.6 Å². The number of benzene rings is 1. The lowest BCUT2D eigenvalue weighted by Gasteiger charge is -2.29. The highest BCUT2D eigenvalue weighted by Gasteiger charge is 2.19. The average Bonchev–Trinajstić information content (AvgIpc) is 2.39. The van der Waals surface area contributed by atoms with Crippen LogP contribution in [0.25, 0.3) is 0 Å². The van der Waals surface area contributed by atoms with Gasteiger partial charge in [0, 0.05) is 25.8 Å². The fourth-order valence-electron chi connectivity index (χ4n) is 2.38. The minimum absolute atomic E-state index is 0.128. The third-order valence-electron chi connectivity index (χ3n) is 3.28. The van der Waals surface area contributed by atoms with Crippen molar-refractivity contribution >= 4 is 12.0 Å². The molecule has 1 aromatic rings. The SMILES string of the molecule is CN(CC1CCCCO1)c1c(F)cccc1C=O. The monoisotopic (exact) mass is 251 g/mol. The standard InChI is InChI=1S/C14H18FNO2/c1-16(9-12-6-2-3-8-18-12)14-11(10-17)5-4-7-13(14)15/h4-5,7,10,12H,2-3,6,8-9H2,1H3. The van der Waals surface area contributed by atoms with E-state index in [1.54, 1.807) is 24.1 Å². The number of hydrogen-bond donors (Lipinski definition) is 0. The fraction of sp³-hybridized carbons (Fsp3) is 0.500. The van der Waals surface area contributed by atoms with Crippen LogP contribution >= 0.6 is 0 Å². The molecule has 1 saturated heterocycles. The Kier molecular flexibility index (Phi) is 4.31. The van der Waals surface area contributed by atoms with E-state index in [9.17, 15) is 9.18 Å². The van der Waals surface area contributed by atoms with Crippen LogP contribution in [0.2, 0.25) is 0 Å². The lowest BCUT2D eigenvalue weighted by Crippen LogP contribution is -2.34. The molecule has 1 heterocycles. The van der Waals surface area contributed by atoms with E-state index in [1.165, 1.54) is 6.07 Å². The van der Waals surface area contributed by atoms with Gasteiger partial charge in [-0.15, -0.1) is 0 Å². The van der Waals surface area contributed by atoms with Gasteiger partial charge in [0.05, 0.1) is 11.8 Å². The molecule has 1 aromatic carbocycles. The molecule has 18 heavy (non-hydrogen) atoms. The van der Waals surface area contributed by atoms with E-state index in [2.05, 4.69) is 0 Å². The van der Waals surface area contributed by atoms with E-state index < -0.39 is 0 Å². The summed E-state index contributed by atoms with van der Waals surface area (Å²) in [6, 6.07) is 4.55. The molecule has 1 fully saturated rings. The summed E-state index contributed by atoms with van der Waals surface area (Å²) in [5, 5.41) is 0. The Morgan fingerprint density at radius 2 is 2.33 bits per heavy atom. The third-order valence-corrected chi connectivity index (χ3v) is 3.28. The molecule has 2 rings (SSSR count). The molecule has 0 amide bonds. The summed E-state index contributed by atoms with van der Waals surface area (Å²) < 4.78 is 19.4. The Morgan fingerprint density at radius 3 is 3.00 bits per heavy atom. The number of carbonyl (C=O) groups is 1. The number of aldehydes is 1. The summed E-state index contributed by atoms with van der Waals surface area (Å²) in [5.41, 5.74) is 0.745. The van der Waals surface area contributed by atoms with E-state index in [-0.39, 0.29) is 11.9 Å². The second-order valence-electron chi connectivity index (χ2n) is 4.66. The molecule has 0 radical (unpaired) electrons. The molecule has 0 aliphatic carbocycles. The maximum absolute atomic E-state index is 13.8. The van der Waals surface area contributed by atoms with E-state index in [4.69, 9.17) is 4.74 Å². The van der Waals surface area contributed by atoms with Crippen LogP contribution in [0.5, 0.6) is 0 Å². The number of carbonyl (C=O) groups excluding carboxylic acids is 1. The van der Waals surface area contributed by atoms with Gasteiger partial charge in [0.1, 0.15) is 5.82 Å². The summed E-state index contributed by atoms with van der Waals surface area (Å²) in [5.74, 6) is -0.363. The van der Waals surface area contributed by atoms with Crippen LogP contribution in [-0.2, 0) is 4.74 Å². The van der Waals surface area contributed by atoms with Gasteiger partial charge < -0.3 is 9.64 Å². The molecule has 4 heteroatoms. The van der Waals surface area contributed by atoms with Crippen molar-refractivity contribution in [2.75, 3.05) is 25.1 Å². The number of nitrogens with zero attached hydrogens (tertiary/aromatic N) is 1. The van der Waals surface area contributed by atoms with Gasteiger partial charge in [0.25, 0.3) is 0 Å². The molecule has 0 bridgehead atoms. The van der Waals surface area contributed by atoms with Crippen molar-refractivity contribution in [3.63, 3.8) is 0 Å². The largest absolute Gasteiger partial charge is 0.376 e. The zero-order valence-electron chi connectivity index (χ0n) is 10.6. The average molecular weight is 251 g/mol. The summed E-state index contributed by atoms with van der Waals surface area (Å²) >= 11 is 0. The molecule has 1 unspecified atom stereocenters. The molecule has 0 aromatic heterocycles.